The number of carbonyl (C=O) groups excluding carboxylic acids is 1. The summed E-state index contributed by atoms with van der Waals surface area (Å²) in [7, 11) is 3.87. The first kappa shape index (κ1) is 19.8. The lowest BCUT2D eigenvalue weighted by Crippen LogP contribution is -2.39. The zero-order valence-electron chi connectivity index (χ0n) is 16.9. The Kier molecular flexibility index (Phi) is 5.60. The van der Waals surface area contributed by atoms with E-state index >= 15 is 0 Å². The lowest BCUT2D eigenvalue weighted by atomic mass is 10.2. The van der Waals surface area contributed by atoms with Crippen molar-refractivity contribution in [3.63, 3.8) is 0 Å². The Balaban J connectivity index is 2.01. The van der Waals surface area contributed by atoms with Gasteiger partial charge >= 0.3 is 0 Å². The maximum Gasteiger partial charge on any atom is 0.295 e. The Hall–Kier alpha value is -3.00. The Morgan fingerprint density at radius 1 is 1.18 bits per heavy atom. The van der Waals surface area contributed by atoms with Crippen LogP contribution in [-0.4, -0.2) is 57.6 Å². The molecule has 0 radical (unpaired) electrons. The molecule has 0 saturated carbocycles. The molecule has 3 aromatic rings. The molecule has 0 aliphatic rings. The molecule has 0 fully saturated rings. The van der Waals surface area contributed by atoms with E-state index in [0.717, 1.165) is 23.3 Å². The molecule has 0 bridgehead atoms. The van der Waals surface area contributed by atoms with Gasteiger partial charge in [0.2, 0.25) is 5.91 Å². The van der Waals surface area contributed by atoms with Gasteiger partial charge in [0.1, 0.15) is 6.04 Å². The highest BCUT2D eigenvalue weighted by Gasteiger charge is 2.22. The van der Waals surface area contributed by atoms with Crippen LogP contribution in [0.3, 0.4) is 0 Å². The molecule has 0 spiro atoms. The molecule has 1 amide bonds. The van der Waals surface area contributed by atoms with Gasteiger partial charge in [-0.05, 0) is 47.0 Å². The molecule has 1 aromatic carbocycles. The second-order valence-corrected chi connectivity index (χ2v) is 7.16. The van der Waals surface area contributed by atoms with Crippen LogP contribution in [0.15, 0.2) is 35.1 Å². The number of nitrogens with one attached hydrogen (secondary N) is 1. The van der Waals surface area contributed by atoms with Gasteiger partial charge in [-0.15, -0.1) is 0 Å². The minimum Gasteiger partial charge on any atom is -0.353 e. The molecule has 8 nitrogen and oxygen atoms in total. The number of fused-ring (bicyclic) bond motifs is 1. The number of carbonyl (C=O) groups is 1. The van der Waals surface area contributed by atoms with Gasteiger partial charge in [-0.1, -0.05) is 18.2 Å². The predicted molar refractivity (Wildman–Crippen MR) is 109 cm³/mol. The highest BCUT2D eigenvalue weighted by atomic mass is 16.2. The average Bonchev–Trinajstić information content (AvgIpc) is 3.02. The summed E-state index contributed by atoms with van der Waals surface area (Å²) in [5.41, 5.74) is 2.34. The maximum atomic E-state index is 13.0. The molecule has 148 valence electrons. The number of nitrogens with zero attached hydrogens (tertiary/aromatic N) is 5. The van der Waals surface area contributed by atoms with Gasteiger partial charge in [-0.3, -0.25) is 9.59 Å². The summed E-state index contributed by atoms with van der Waals surface area (Å²) in [5, 5.41) is 12.5. The van der Waals surface area contributed by atoms with Crippen molar-refractivity contribution >= 4 is 16.8 Å². The fourth-order valence-electron chi connectivity index (χ4n) is 3.20. The summed E-state index contributed by atoms with van der Waals surface area (Å²) in [6.07, 6.45) is 0. The SMILES string of the molecule is Cc1nn([C@H](C)C(=O)NCCN(C)C)c(=O)c2nn(-c3ccccc3)c(C)c12. The molecule has 0 aliphatic heterocycles. The first-order valence-electron chi connectivity index (χ1n) is 9.28. The van der Waals surface area contributed by atoms with Gasteiger partial charge in [-0.25, -0.2) is 9.36 Å². The molecule has 28 heavy (non-hydrogen) atoms. The Morgan fingerprint density at radius 2 is 1.86 bits per heavy atom. The summed E-state index contributed by atoms with van der Waals surface area (Å²) in [6, 6.07) is 8.91. The topological polar surface area (TPSA) is 85.1 Å². The molecule has 0 saturated heterocycles. The Labute approximate surface area is 163 Å². The summed E-state index contributed by atoms with van der Waals surface area (Å²) >= 11 is 0. The van der Waals surface area contributed by atoms with Crippen LogP contribution in [0, 0.1) is 13.8 Å². The lowest BCUT2D eigenvalue weighted by molar-refractivity contribution is -0.124. The second kappa shape index (κ2) is 7.93. The molecule has 2 aromatic heterocycles. The van der Waals surface area contributed by atoms with E-state index in [4.69, 9.17) is 0 Å². The number of rotatable bonds is 6. The van der Waals surface area contributed by atoms with Crippen LogP contribution in [0.4, 0.5) is 0 Å². The summed E-state index contributed by atoms with van der Waals surface area (Å²) in [5.74, 6) is -0.241. The minimum atomic E-state index is -0.722. The molecule has 8 heteroatoms. The molecule has 1 N–H and O–H groups in total. The molecule has 1 atom stereocenters. The van der Waals surface area contributed by atoms with Gasteiger partial charge in [-0.2, -0.15) is 10.2 Å². The zero-order valence-corrected chi connectivity index (χ0v) is 16.9. The number of para-hydroxylation sites is 1. The monoisotopic (exact) mass is 382 g/mol. The fraction of sp³-hybridized carbons (Fsp3) is 0.400. The number of amides is 1. The predicted octanol–water partition coefficient (Wildman–Crippen LogP) is 1.44. The number of likely N-dealkylation sites (N-methyl/N-ethyl adjacent to an activating group) is 1. The lowest BCUT2D eigenvalue weighted by Gasteiger charge is -2.16. The van der Waals surface area contributed by atoms with Crippen molar-refractivity contribution in [3.05, 3.63) is 52.1 Å². The maximum absolute atomic E-state index is 13.0. The van der Waals surface area contributed by atoms with E-state index < -0.39 is 6.04 Å². The highest BCUT2D eigenvalue weighted by Crippen LogP contribution is 2.21. The van der Waals surface area contributed by atoms with E-state index in [1.54, 1.807) is 11.6 Å². The zero-order chi connectivity index (χ0) is 20.4. The van der Waals surface area contributed by atoms with E-state index in [2.05, 4.69) is 15.5 Å². The molecular weight excluding hydrogens is 356 g/mol. The summed E-state index contributed by atoms with van der Waals surface area (Å²) in [6.45, 7) is 6.65. The van der Waals surface area contributed by atoms with E-state index in [0.29, 0.717) is 17.8 Å². The van der Waals surface area contributed by atoms with Crippen molar-refractivity contribution in [2.24, 2.45) is 0 Å². The molecule has 0 aliphatic carbocycles. The highest BCUT2D eigenvalue weighted by molar-refractivity contribution is 5.84. The largest absolute Gasteiger partial charge is 0.353 e. The molecule has 3 rings (SSSR count). The third-order valence-corrected chi connectivity index (χ3v) is 4.75. The van der Waals surface area contributed by atoms with Crippen LogP contribution in [0.2, 0.25) is 0 Å². The quantitative estimate of drug-likeness (QED) is 0.697. The molecule has 2 heterocycles. The van der Waals surface area contributed by atoms with Crippen molar-refractivity contribution in [1.82, 2.24) is 29.8 Å². The van der Waals surface area contributed by atoms with Crippen LogP contribution in [0.1, 0.15) is 24.4 Å². The van der Waals surface area contributed by atoms with Crippen molar-refractivity contribution in [2.45, 2.75) is 26.8 Å². The first-order valence-corrected chi connectivity index (χ1v) is 9.28. The van der Waals surface area contributed by atoms with Crippen LogP contribution in [-0.2, 0) is 4.79 Å². The smallest absolute Gasteiger partial charge is 0.295 e. The standard InChI is InChI=1S/C20H26N6O2/c1-13-17-14(2)25(16-9-7-6-8-10-16)23-18(17)20(28)26(22-13)15(3)19(27)21-11-12-24(4)5/h6-10,15H,11-12H2,1-5H3,(H,21,27)/t15-/m1/s1. The summed E-state index contributed by atoms with van der Waals surface area (Å²) in [4.78, 5) is 27.5. The summed E-state index contributed by atoms with van der Waals surface area (Å²) < 4.78 is 2.97. The molecule has 0 unspecified atom stereocenters. The first-order chi connectivity index (χ1) is 13.3. The normalized spacial score (nSPS) is 12.5. The van der Waals surface area contributed by atoms with Crippen molar-refractivity contribution < 1.29 is 4.79 Å². The number of benzene rings is 1. The Bertz CT molecular complexity index is 1050. The number of hydrogen-bond donors (Lipinski definition) is 1. The molecular formula is C20H26N6O2. The van der Waals surface area contributed by atoms with Crippen LogP contribution >= 0.6 is 0 Å². The van der Waals surface area contributed by atoms with Gasteiger partial charge in [0.25, 0.3) is 5.56 Å². The number of hydrogen-bond acceptors (Lipinski definition) is 5. The third kappa shape index (κ3) is 3.68. The Morgan fingerprint density at radius 3 is 2.50 bits per heavy atom. The second-order valence-electron chi connectivity index (χ2n) is 7.16. The van der Waals surface area contributed by atoms with Gasteiger partial charge < -0.3 is 10.2 Å². The average molecular weight is 382 g/mol. The van der Waals surface area contributed by atoms with E-state index in [1.807, 2.05) is 63.2 Å². The third-order valence-electron chi connectivity index (χ3n) is 4.75. The van der Waals surface area contributed by atoms with Gasteiger partial charge in [0, 0.05) is 13.1 Å². The van der Waals surface area contributed by atoms with E-state index in [1.165, 1.54) is 4.68 Å². The van der Waals surface area contributed by atoms with Crippen LogP contribution < -0.4 is 10.9 Å². The van der Waals surface area contributed by atoms with Crippen LogP contribution in [0.5, 0.6) is 0 Å². The van der Waals surface area contributed by atoms with E-state index in [9.17, 15) is 9.59 Å². The number of aromatic nitrogens is 4. The van der Waals surface area contributed by atoms with Crippen molar-refractivity contribution in [3.8, 4) is 5.69 Å². The minimum absolute atomic E-state index is 0.241. The number of aryl methyl sites for hydroxylation is 2. The van der Waals surface area contributed by atoms with Crippen molar-refractivity contribution in [2.75, 3.05) is 27.2 Å². The van der Waals surface area contributed by atoms with E-state index in [-0.39, 0.29) is 11.5 Å². The van der Waals surface area contributed by atoms with Crippen LogP contribution in [0.25, 0.3) is 16.6 Å². The fourth-order valence-corrected chi connectivity index (χ4v) is 3.20. The van der Waals surface area contributed by atoms with Gasteiger partial charge in [0.05, 0.1) is 22.5 Å². The van der Waals surface area contributed by atoms with Gasteiger partial charge in [0.15, 0.2) is 5.52 Å². The van der Waals surface area contributed by atoms with Crippen molar-refractivity contribution in [1.29, 1.82) is 0 Å².